The maximum absolute atomic E-state index is 13.2. The Morgan fingerprint density at radius 2 is 1.69 bits per heavy atom. The number of carboxylic acids is 1. The monoisotopic (exact) mass is 478 g/mol. The van der Waals surface area contributed by atoms with Crippen molar-refractivity contribution < 1.29 is 24.2 Å². The van der Waals surface area contributed by atoms with Gasteiger partial charge in [-0.15, -0.1) is 0 Å². The van der Waals surface area contributed by atoms with E-state index in [4.69, 9.17) is 4.74 Å². The highest BCUT2D eigenvalue weighted by Gasteiger charge is 2.46. The van der Waals surface area contributed by atoms with Gasteiger partial charge in [0.1, 0.15) is 12.6 Å². The van der Waals surface area contributed by atoms with E-state index in [1.165, 1.54) is 0 Å². The van der Waals surface area contributed by atoms with Crippen LogP contribution in [0.1, 0.15) is 63.5 Å². The van der Waals surface area contributed by atoms with E-state index in [-0.39, 0.29) is 24.3 Å². The molecule has 1 fully saturated rings. The number of nitrogens with one attached hydrogen (secondary N) is 2. The Hall–Kier alpha value is -3.35. The number of rotatable bonds is 8. The van der Waals surface area contributed by atoms with Gasteiger partial charge < -0.3 is 20.5 Å². The first-order valence-electron chi connectivity index (χ1n) is 12.4. The van der Waals surface area contributed by atoms with Crippen LogP contribution in [-0.4, -0.2) is 41.8 Å². The summed E-state index contributed by atoms with van der Waals surface area (Å²) in [6, 6.07) is 14.9. The fourth-order valence-electron chi connectivity index (χ4n) is 5.38. The lowest BCUT2D eigenvalue weighted by atomic mass is 9.84. The summed E-state index contributed by atoms with van der Waals surface area (Å²) in [6.45, 7) is 5.67. The largest absolute Gasteiger partial charge is 0.481 e. The second kappa shape index (κ2) is 10.1. The van der Waals surface area contributed by atoms with Gasteiger partial charge in [-0.25, -0.2) is 4.79 Å². The molecule has 7 heteroatoms. The fourth-order valence-corrected chi connectivity index (χ4v) is 5.38. The number of hydrogen-bond acceptors (Lipinski definition) is 4. The lowest BCUT2D eigenvalue weighted by molar-refractivity contribution is -0.149. The van der Waals surface area contributed by atoms with E-state index >= 15 is 0 Å². The number of alkyl carbamates (subject to hydrolysis) is 1. The van der Waals surface area contributed by atoms with Gasteiger partial charge in [-0.1, -0.05) is 75.2 Å². The third-order valence-electron chi connectivity index (χ3n) is 7.88. The third kappa shape index (κ3) is 4.77. The van der Waals surface area contributed by atoms with E-state index in [1.54, 1.807) is 6.92 Å². The number of carboxylic acid groups (broad SMARTS) is 1. The molecule has 1 saturated carbocycles. The number of amides is 2. The average Bonchev–Trinajstić information content (AvgIpc) is 3.39. The number of ether oxygens (including phenoxy) is 1. The van der Waals surface area contributed by atoms with E-state index in [9.17, 15) is 19.5 Å². The molecule has 2 aliphatic carbocycles. The quantitative estimate of drug-likeness (QED) is 0.510. The highest BCUT2D eigenvalue weighted by molar-refractivity contribution is 5.87. The molecule has 4 rings (SSSR count). The zero-order chi connectivity index (χ0) is 25.2. The van der Waals surface area contributed by atoms with Crippen LogP contribution in [0.3, 0.4) is 0 Å². The summed E-state index contributed by atoms with van der Waals surface area (Å²) >= 11 is 0. The minimum atomic E-state index is -1.00. The average molecular weight is 479 g/mol. The molecule has 2 amide bonds. The van der Waals surface area contributed by atoms with Crippen LogP contribution in [0.4, 0.5) is 4.79 Å². The summed E-state index contributed by atoms with van der Waals surface area (Å²) < 4.78 is 5.64. The molecule has 0 aliphatic heterocycles. The van der Waals surface area contributed by atoms with Crippen LogP contribution in [0.15, 0.2) is 48.5 Å². The van der Waals surface area contributed by atoms with Gasteiger partial charge in [0, 0.05) is 12.0 Å². The summed E-state index contributed by atoms with van der Waals surface area (Å²) in [4.78, 5) is 37.8. The third-order valence-corrected chi connectivity index (χ3v) is 7.88. The maximum Gasteiger partial charge on any atom is 0.407 e. The number of aliphatic carboxylic acids is 1. The number of benzene rings is 2. The Morgan fingerprint density at radius 3 is 2.26 bits per heavy atom. The highest BCUT2D eigenvalue weighted by atomic mass is 16.5. The van der Waals surface area contributed by atoms with Crippen molar-refractivity contribution >= 4 is 18.0 Å². The topological polar surface area (TPSA) is 105 Å². The molecule has 0 saturated heterocycles. The second-order valence-electron chi connectivity index (χ2n) is 10.0. The molecule has 0 aromatic heterocycles. The molecule has 2 aliphatic rings. The Kier molecular flexibility index (Phi) is 7.15. The van der Waals surface area contributed by atoms with Gasteiger partial charge in [-0.2, -0.15) is 0 Å². The number of carbonyl (C=O) groups is 3. The first-order chi connectivity index (χ1) is 16.8. The van der Waals surface area contributed by atoms with Crippen LogP contribution in [-0.2, 0) is 14.3 Å². The van der Waals surface area contributed by atoms with Gasteiger partial charge >= 0.3 is 12.1 Å². The van der Waals surface area contributed by atoms with Crippen molar-refractivity contribution in [3.05, 3.63) is 59.7 Å². The lowest BCUT2D eigenvalue weighted by Crippen LogP contribution is -2.55. The molecular weight excluding hydrogens is 444 g/mol. The van der Waals surface area contributed by atoms with Crippen molar-refractivity contribution in [3.8, 4) is 11.1 Å². The highest BCUT2D eigenvalue weighted by Crippen LogP contribution is 2.44. The smallest absolute Gasteiger partial charge is 0.407 e. The van der Waals surface area contributed by atoms with Crippen molar-refractivity contribution in [1.29, 1.82) is 0 Å². The van der Waals surface area contributed by atoms with E-state index in [1.807, 2.05) is 38.1 Å². The van der Waals surface area contributed by atoms with Gasteiger partial charge in [0.05, 0.1) is 5.41 Å². The first-order valence-corrected chi connectivity index (χ1v) is 12.4. The zero-order valence-electron chi connectivity index (χ0n) is 20.5. The van der Waals surface area contributed by atoms with Crippen molar-refractivity contribution in [2.24, 2.45) is 11.3 Å². The van der Waals surface area contributed by atoms with E-state index in [0.717, 1.165) is 28.7 Å². The standard InChI is InChI=1S/C28H34N2O5/c1-4-17(2)24(25(31)29-23-14-9-15-28(23,3)26(32)33)30-27(34)35-16-22-20-12-7-5-10-18(20)19-11-6-8-13-21(19)22/h5-8,10-13,17,22-24H,4,9,14-16H2,1-3H3,(H,29,31)(H,30,34)(H,32,33). The van der Waals surface area contributed by atoms with E-state index < -0.39 is 29.6 Å². The molecule has 7 nitrogen and oxygen atoms in total. The lowest BCUT2D eigenvalue weighted by Gasteiger charge is -2.31. The van der Waals surface area contributed by atoms with Crippen LogP contribution < -0.4 is 10.6 Å². The Balaban J connectivity index is 1.43. The summed E-state index contributed by atoms with van der Waals surface area (Å²) in [6.07, 6.45) is 1.87. The van der Waals surface area contributed by atoms with Gasteiger partial charge in [0.2, 0.25) is 5.91 Å². The summed E-state index contributed by atoms with van der Waals surface area (Å²) in [5.41, 5.74) is 3.53. The predicted octanol–water partition coefficient (Wildman–Crippen LogP) is 4.70. The number of fused-ring (bicyclic) bond motifs is 3. The Bertz CT molecular complexity index is 1070. The van der Waals surface area contributed by atoms with Crippen molar-refractivity contribution in [2.45, 2.75) is 64.5 Å². The van der Waals surface area contributed by atoms with Gasteiger partial charge in [0.15, 0.2) is 0 Å². The van der Waals surface area contributed by atoms with Crippen LogP contribution >= 0.6 is 0 Å². The second-order valence-corrected chi connectivity index (χ2v) is 10.0. The van der Waals surface area contributed by atoms with E-state index in [0.29, 0.717) is 19.3 Å². The Morgan fingerprint density at radius 1 is 1.09 bits per heavy atom. The van der Waals surface area contributed by atoms with Gasteiger partial charge in [0.25, 0.3) is 0 Å². The molecule has 2 aromatic carbocycles. The normalized spacial score (nSPS) is 22.5. The van der Waals surface area contributed by atoms with Crippen LogP contribution in [0.5, 0.6) is 0 Å². The minimum Gasteiger partial charge on any atom is -0.481 e. The van der Waals surface area contributed by atoms with Gasteiger partial charge in [-0.05, 0) is 47.9 Å². The summed E-state index contributed by atoms with van der Waals surface area (Å²) in [5, 5.41) is 15.3. The van der Waals surface area contributed by atoms with Gasteiger partial charge in [-0.3, -0.25) is 9.59 Å². The predicted molar refractivity (Wildman–Crippen MR) is 133 cm³/mol. The first kappa shape index (κ1) is 24.8. The van der Waals surface area contributed by atoms with Crippen molar-refractivity contribution in [3.63, 3.8) is 0 Å². The van der Waals surface area contributed by atoms with Crippen molar-refractivity contribution in [1.82, 2.24) is 10.6 Å². The molecule has 2 aromatic rings. The fraction of sp³-hybridized carbons (Fsp3) is 0.464. The maximum atomic E-state index is 13.2. The molecular formula is C28H34N2O5. The molecule has 4 atom stereocenters. The molecule has 186 valence electrons. The van der Waals surface area contributed by atoms with Crippen LogP contribution in [0, 0.1) is 11.3 Å². The molecule has 35 heavy (non-hydrogen) atoms. The van der Waals surface area contributed by atoms with E-state index in [2.05, 4.69) is 34.9 Å². The van der Waals surface area contributed by atoms with Crippen molar-refractivity contribution in [2.75, 3.05) is 6.61 Å². The molecule has 4 unspecified atom stereocenters. The SMILES string of the molecule is CCC(C)C(NC(=O)OCC1c2ccccc2-c2ccccc21)C(=O)NC1CCCC1(C)C(=O)O. The minimum absolute atomic E-state index is 0.0706. The Labute approximate surface area is 206 Å². The molecule has 0 bridgehead atoms. The number of hydrogen-bond donors (Lipinski definition) is 3. The molecule has 0 spiro atoms. The molecule has 3 N–H and O–H groups in total. The van der Waals surface area contributed by atoms with Crippen LogP contribution in [0.2, 0.25) is 0 Å². The zero-order valence-corrected chi connectivity index (χ0v) is 20.5. The summed E-state index contributed by atoms with van der Waals surface area (Å²) in [5.74, 6) is -1.50. The molecule has 0 heterocycles. The van der Waals surface area contributed by atoms with Crippen LogP contribution in [0.25, 0.3) is 11.1 Å². The summed E-state index contributed by atoms with van der Waals surface area (Å²) in [7, 11) is 0. The number of carbonyl (C=O) groups excluding carboxylic acids is 2. The molecule has 0 radical (unpaired) electrons.